The predicted octanol–water partition coefficient (Wildman–Crippen LogP) is 4.25. The molecule has 178 valence electrons. The van der Waals surface area contributed by atoms with Crippen LogP contribution in [0.25, 0.3) is 6.08 Å². The van der Waals surface area contributed by atoms with Gasteiger partial charge in [0.15, 0.2) is 9.84 Å². The molecule has 1 aliphatic heterocycles. The molecule has 0 saturated carbocycles. The molecule has 0 aromatic heterocycles. The van der Waals surface area contributed by atoms with Crippen LogP contribution in [0.5, 0.6) is 11.5 Å². The van der Waals surface area contributed by atoms with Gasteiger partial charge in [0, 0.05) is 10.0 Å². The summed E-state index contributed by atoms with van der Waals surface area (Å²) in [6.07, 6.45) is 2.38. The van der Waals surface area contributed by atoms with Crippen LogP contribution in [0.3, 0.4) is 0 Å². The second kappa shape index (κ2) is 11.3. The summed E-state index contributed by atoms with van der Waals surface area (Å²) in [7, 11) is -3.60. The van der Waals surface area contributed by atoms with Crippen molar-refractivity contribution in [2.45, 2.75) is 37.5 Å². The van der Waals surface area contributed by atoms with Crippen LogP contribution in [0.2, 0.25) is 0 Å². The maximum Gasteiger partial charge on any atom is 0.163 e. The predicted molar refractivity (Wildman–Crippen MR) is 133 cm³/mol. The molecule has 2 aromatic carbocycles. The topological polar surface area (TPSA) is 104 Å². The number of para-hydroxylation sites is 1. The lowest BCUT2D eigenvalue weighted by Crippen LogP contribution is -2.29. The van der Waals surface area contributed by atoms with Crippen molar-refractivity contribution in [3.63, 3.8) is 0 Å². The first-order chi connectivity index (χ1) is 15.7. The van der Waals surface area contributed by atoms with Crippen molar-refractivity contribution in [2.24, 2.45) is 0 Å². The highest BCUT2D eigenvalue weighted by Gasteiger charge is 2.41. The Balaban J connectivity index is 1.79. The first-order valence-corrected chi connectivity index (χ1v) is 13.3. The Morgan fingerprint density at radius 1 is 1.24 bits per heavy atom. The zero-order valence-corrected chi connectivity index (χ0v) is 20.8. The summed E-state index contributed by atoms with van der Waals surface area (Å²) in [4.78, 5) is 0. The van der Waals surface area contributed by atoms with Crippen LogP contribution in [0, 0.1) is 0 Å². The maximum atomic E-state index is 12.6. The number of sulfone groups is 1. The van der Waals surface area contributed by atoms with Crippen LogP contribution in [-0.2, 0) is 9.84 Å². The molecule has 0 amide bonds. The van der Waals surface area contributed by atoms with Crippen LogP contribution < -0.4 is 4.74 Å². The van der Waals surface area contributed by atoms with Crippen molar-refractivity contribution in [1.82, 2.24) is 0 Å². The molecule has 0 radical (unpaired) electrons. The van der Waals surface area contributed by atoms with Gasteiger partial charge in [-0.25, -0.2) is 8.42 Å². The van der Waals surface area contributed by atoms with Gasteiger partial charge in [-0.3, -0.25) is 0 Å². The molecule has 0 aliphatic carbocycles. The van der Waals surface area contributed by atoms with Crippen LogP contribution >= 0.6 is 15.9 Å². The lowest BCUT2D eigenvalue weighted by molar-refractivity contribution is 0.187. The normalized spacial score (nSPS) is 19.0. The van der Waals surface area contributed by atoms with E-state index in [4.69, 9.17) is 4.74 Å². The van der Waals surface area contributed by atoms with Gasteiger partial charge in [-0.2, -0.15) is 0 Å². The molecule has 0 unspecified atom stereocenters. The number of aliphatic hydroxyl groups is 2. The number of hydrogen-bond acceptors (Lipinski definition) is 6. The fourth-order valence-electron chi connectivity index (χ4n) is 4.01. The smallest absolute Gasteiger partial charge is 0.163 e. The summed E-state index contributed by atoms with van der Waals surface area (Å²) in [6, 6.07) is 14.2. The van der Waals surface area contributed by atoms with Crippen LogP contribution in [0.4, 0.5) is 0 Å². The summed E-state index contributed by atoms with van der Waals surface area (Å²) in [5.41, 5.74) is 2.52. The van der Waals surface area contributed by atoms with Gasteiger partial charge in [-0.1, -0.05) is 52.7 Å². The Morgan fingerprint density at radius 2 is 1.97 bits per heavy atom. The Kier molecular flexibility index (Phi) is 8.75. The molecule has 2 aromatic rings. The van der Waals surface area contributed by atoms with E-state index in [9.17, 15) is 23.7 Å². The standard InChI is InChI=1S/C25H29BrO6S/c1-2-17(12-18-13-20(26)9-11-22(18)28)8-10-23(29)25-19(16-33(30,31)24(25)14-27)15-32-21-6-4-3-5-7-21/h3-7,9,11-13,23-24,27-29H,2,8,10,14-16H2,1H3/b17-12+/t23-,24+/m1/s1. The number of phenolic OH excluding ortho intramolecular Hbond substituents is 1. The molecule has 0 saturated heterocycles. The van der Waals surface area contributed by atoms with E-state index in [2.05, 4.69) is 15.9 Å². The summed E-state index contributed by atoms with van der Waals surface area (Å²) in [5.74, 6) is 0.531. The number of ether oxygens (including phenoxy) is 1. The molecule has 1 aliphatic rings. The highest BCUT2D eigenvalue weighted by Crippen LogP contribution is 2.33. The molecular formula is C25H29BrO6S. The summed E-state index contributed by atoms with van der Waals surface area (Å²) in [6.45, 7) is 1.45. The summed E-state index contributed by atoms with van der Waals surface area (Å²) < 4.78 is 31.8. The Morgan fingerprint density at radius 3 is 2.64 bits per heavy atom. The Bertz CT molecular complexity index is 1120. The van der Waals surface area contributed by atoms with Gasteiger partial charge in [0.25, 0.3) is 0 Å². The van der Waals surface area contributed by atoms with Crippen LogP contribution in [0.1, 0.15) is 31.7 Å². The third-order valence-corrected chi connectivity index (χ3v) is 8.30. The van der Waals surface area contributed by atoms with Gasteiger partial charge in [0.1, 0.15) is 23.4 Å². The maximum absolute atomic E-state index is 12.6. The van der Waals surface area contributed by atoms with Crippen molar-refractivity contribution in [1.29, 1.82) is 0 Å². The second-order valence-corrected chi connectivity index (χ2v) is 11.2. The van der Waals surface area contributed by atoms with E-state index >= 15 is 0 Å². The number of halogens is 1. The van der Waals surface area contributed by atoms with E-state index in [1.807, 2.05) is 37.3 Å². The Labute approximate surface area is 203 Å². The van der Waals surface area contributed by atoms with Gasteiger partial charge in [0.2, 0.25) is 0 Å². The van der Waals surface area contributed by atoms with E-state index in [1.165, 1.54) is 0 Å². The zero-order valence-electron chi connectivity index (χ0n) is 18.4. The monoisotopic (exact) mass is 536 g/mol. The van der Waals surface area contributed by atoms with E-state index < -0.39 is 27.8 Å². The van der Waals surface area contributed by atoms with Crippen molar-refractivity contribution in [2.75, 3.05) is 19.0 Å². The molecule has 33 heavy (non-hydrogen) atoms. The lowest BCUT2D eigenvalue weighted by atomic mass is 9.94. The number of allylic oxidation sites excluding steroid dienone is 1. The molecule has 0 bridgehead atoms. The molecule has 1 heterocycles. The van der Waals surface area contributed by atoms with Gasteiger partial charge in [-0.05, 0) is 60.7 Å². The van der Waals surface area contributed by atoms with Gasteiger partial charge in [0.05, 0.1) is 18.5 Å². The average Bonchev–Trinajstić information content (AvgIpc) is 3.07. The minimum Gasteiger partial charge on any atom is -0.507 e. The zero-order chi connectivity index (χ0) is 24.0. The molecule has 3 rings (SSSR count). The SMILES string of the molecule is CC/C(=C\c1cc(Br)ccc1O)CC[C@@H](O)C1=C(COc2ccccc2)CS(=O)(=O)[C@H]1CO. The van der Waals surface area contributed by atoms with Crippen molar-refractivity contribution < 1.29 is 28.5 Å². The third kappa shape index (κ3) is 6.47. The highest BCUT2D eigenvalue weighted by atomic mass is 79.9. The summed E-state index contributed by atoms with van der Waals surface area (Å²) in [5, 5.41) is 29.8. The summed E-state index contributed by atoms with van der Waals surface area (Å²) >= 11 is 3.40. The minimum absolute atomic E-state index is 0.0362. The average molecular weight is 537 g/mol. The van der Waals surface area contributed by atoms with E-state index in [0.717, 1.165) is 10.0 Å². The minimum atomic E-state index is -3.60. The quantitative estimate of drug-likeness (QED) is 0.392. The molecule has 0 fully saturated rings. The first kappa shape index (κ1) is 25.5. The number of aromatic hydroxyl groups is 1. The Hall–Kier alpha value is -2.13. The van der Waals surface area contributed by atoms with Crippen molar-refractivity contribution >= 4 is 31.8 Å². The number of rotatable bonds is 10. The number of benzene rings is 2. The van der Waals surface area contributed by atoms with Crippen molar-refractivity contribution in [3.05, 3.63) is 75.3 Å². The van der Waals surface area contributed by atoms with E-state index in [0.29, 0.717) is 41.7 Å². The van der Waals surface area contributed by atoms with E-state index in [-0.39, 0.29) is 18.1 Å². The fourth-order valence-corrected chi connectivity index (χ4v) is 6.27. The fraction of sp³-hybridized carbons (Fsp3) is 0.360. The molecule has 2 atom stereocenters. The number of phenols is 1. The molecule has 0 spiro atoms. The van der Waals surface area contributed by atoms with Crippen LogP contribution in [0.15, 0.2) is 69.7 Å². The highest BCUT2D eigenvalue weighted by molar-refractivity contribution is 9.10. The molecule has 6 nitrogen and oxygen atoms in total. The number of hydrogen-bond donors (Lipinski definition) is 3. The van der Waals surface area contributed by atoms with Gasteiger partial charge in [-0.15, -0.1) is 0 Å². The van der Waals surface area contributed by atoms with Gasteiger partial charge >= 0.3 is 0 Å². The first-order valence-electron chi connectivity index (χ1n) is 10.8. The van der Waals surface area contributed by atoms with Crippen molar-refractivity contribution in [3.8, 4) is 11.5 Å². The van der Waals surface area contributed by atoms with Crippen LogP contribution in [-0.4, -0.2) is 54.1 Å². The van der Waals surface area contributed by atoms with E-state index in [1.54, 1.807) is 24.3 Å². The molecular weight excluding hydrogens is 508 g/mol. The molecule has 8 heteroatoms. The second-order valence-electron chi connectivity index (χ2n) is 8.05. The van der Waals surface area contributed by atoms with Gasteiger partial charge < -0.3 is 20.1 Å². The lowest BCUT2D eigenvalue weighted by Gasteiger charge is -2.20. The molecule has 3 N–H and O–H groups in total. The third-order valence-electron chi connectivity index (χ3n) is 5.79. The largest absolute Gasteiger partial charge is 0.507 e. The number of aliphatic hydroxyl groups excluding tert-OH is 2.